The maximum Gasteiger partial charge on any atom is 0.329 e. The topological polar surface area (TPSA) is 46.6 Å². The molecule has 2 aromatic rings. The fourth-order valence-corrected chi connectivity index (χ4v) is 5.33. The summed E-state index contributed by atoms with van der Waals surface area (Å²) in [6, 6.07) is 19.1. The van der Waals surface area contributed by atoms with Crippen molar-refractivity contribution in [1.82, 2.24) is 4.90 Å². The van der Waals surface area contributed by atoms with E-state index in [0.29, 0.717) is 5.75 Å². The van der Waals surface area contributed by atoms with Crippen molar-refractivity contribution in [2.24, 2.45) is 0 Å². The lowest BCUT2D eigenvalue weighted by Crippen LogP contribution is -2.48. The second-order valence-electron chi connectivity index (χ2n) is 7.32. The molecule has 5 heteroatoms. The number of esters is 1. The Morgan fingerprint density at radius 3 is 2.14 bits per heavy atom. The van der Waals surface area contributed by atoms with Gasteiger partial charge in [-0.1, -0.05) is 86.8 Å². The van der Waals surface area contributed by atoms with Gasteiger partial charge in [-0.25, -0.2) is 4.79 Å². The summed E-state index contributed by atoms with van der Waals surface area (Å²) in [5.74, 6) is -0.198. The number of thioether (sulfide) groups is 1. The van der Waals surface area contributed by atoms with Crippen LogP contribution in [-0.2, 0) is 14.3 Å². The number of rotatable bonds is 8. The Kier molecular flexibility index (Phi) is 7.76. The van der Waals surface area contributed by atoms with Crippen LogP contribution in [0.1, 0.15) is 49.7 Å². The summed E-state index contributed by atoms with van der Waals surface area (Å²) in [7, 11) is 1.39. The second kappa shape index (κ2) is 10.5. The average molecular weight is 412 g/mol. The van der Waals surface area contributed by atoms with Crippen LogP contribution in [0.3, 0.4) is 0 Å². The zero-order chi connectivity index (χ0) is 20.6. The van der Waals surface area contributed by atoms with Crippen LogP contribution in [0.25, 0.3) is 0 Å². The Hall–Kier alpha value is -2.27. The number of hydrogen-bond acceptors (Lipinski definition) is 4. The zero-order valence-electron chi connectivity index (χ0n) is 17.1. The minimum atomic E-state index is -0.529. The van der Waals surface area contributed by atoms with Gasteiger partial charge in [0.2, 0.25) is 5.91 Å². The van der Waals surface area contributed by atoms with Gasteiger partial charge in [0.1, 0.15) is 6.04 Å². The summed E-state index contributed by atoms with van der Waals surface area (Å²) in [5.41, 5.74) is 1.88. The monoisotopic (exact) mass is 411 g/mol. The van der Waals surface area contributed by atoms with E-state index in [-0.39, 0.29) is 17.3 Å². The van der Waals surface area contributed by atoms with Gasteiger partial charge in [-0.15, -0.1) is 11.8 Å². The van der Waals surface area contributed by atoms with E-state index in [1.807, 2.05) is 60.7 Å². The predicted octanol–water partition coefficient (Wildman–Crippen LogP) is 4.84. The Labute approximate surface area is 177 Å². The first-order valence-corrected chi connectivity index (χ1v) is 11.3. The number of benzene rings is 2. The fraction of sp³-hybridized carbons (Fsp3) is 0.417. The minimum absolute atomic E-state index is 0.00748. The van der Waals surface area contributed by atoms with Crippen molar-refractivity contribution in [3.63, 3.8) is 0 Å². The van der Waals surface area contributed by atoms with Crippen LogP contribution in [0.2, 0.25) is 0 Å². The molecule has 1 aliphatic heterocycles. The van der Waals surface area contributed by atoms with E-state index in [1.165, 1.54) is 7.11 Å². The number of hydrogen-bond donors (Lipinski definition) is 0. The van der Waals surface area contributed by atoms with Gasteiger partial charge < -0.3 is 9.64 Å². The molecule has 2 unspecified atom stereocenters. The number of carbonyl (C=O) groups is 2. The highest BCUT2D eigenvalue weighted by Crippen LogP contribution is 2.37. The smallest absolute Gasteiger partial charge is 0.329 e. The molecule has 0 aliphatic carbocycles. The summed E-state index contributed by atoms with van der Waals surface area (Å²) in [6.45, 7) is 2.17. The van der Waals surface area contributed by atoms with Gasteiger partial charge >= 0.3 is 5.97 Å². The van der Waals surface area contributed by atoms with Crippen LogP contribution >= 0.6 is 11.8 Å². The summed E-state index contributed by atoms with van der Waals surface area (Å²) in [4.78, 5) is 28.2. The van der Waals surface area contributed by atoms with Gasteiger partial charge in [-0.3, -0.25) is 4.79 Å². The molecule has 0 radical (unpaired) electrons. The number of amides is 1. The number of ether oxygens (including phenoxy) is 1. The molecule has 1 aliphatic rings. The molecule has 1 fully saturated rings. The number of methoxy groups -OCH3 is 1. The zero-order valence-corrected chi connectivity index (χ0v) is 17.9. The fourth-order valence-electron chi connectivity index (χ4n) is 3.89. The van der Waals surface area contributed by atoms with E-state index < -0.39 is 12.0 Å². The molecular weight excluding hydrogens is 382 g/mol. The third-order valence-corrected chi connectivity index (χ3v) is 6.74. The van der Waals surface area contributed by atoms with Crippen molar-refractivity contribution in [2.75, 3.05) is 12.9 Å². The van der Waals surface area contributed by atoms with Crippen LogP contribution in [0, 0.1) is 0 Å². The van der Waals surface area contributed by atoms with E-state index in [4.69, 9.17) is 4.74 Å². The van der Waals surface area contributed by atoms with Crippen LogP contribution in [0.5, 0.6) is 0 Å². The SMILES string of the molecule is CCCCCC1SCC(C(=O)OC)N1C(=O)C(c1ccccc1)c1ccccc1. The molecule has 2 aromatic carbocycles. The number of carbonyl (C=O) groups excluding carboxylic acids is 2. The van der Waals surface area contributed by atoms with Crippen LogP contribution in [0.4, 0.5) is 0 Å². The normalized spacial score (nSPS) is 18.8. The molecule has 0 bridgehead atoms. The third-order valence-electron chi connectivity index (χ3n) is 5.39. The van der Waals surface area contributed by atoms with E-state index in [1.54, 1.807) is 16.7 Å². The first-order chi connectivity index (χ1) is 14.2. The molecule has 0 spiro atoms. The van der Waals surface area contributed by atoms with Gasteiger partial charge in [0.25, 0.3) is 0 Å². The quantitative estimate of drug-likeness (QED) is 0.461. The van der Waals surface area contributed by atoms with Gasteiger partial charge in [-0.2, -0.15) is 0 Å². The average Bonchev–Trinajstić information content (AvgIpc) is 3.19. The van der Waals surface area contributed by atoms with Crippen molar-refractivity contribution in [2.45, 2.75) is 49.9 Å². The van der Waals surface area contributed by atoms with Crippen molar-refractivity contribution >= 4 is 23.6 Å². The lowest BCUT2D eigenvalue weighted by atomic mass is 9.89. The van der Waals surface area contributed by atoms with E-state index in [0.717, 1.165) is 36.8 Å². The molecule has 3 rings (SSSR count). The maximum absolute atomic E-state index is 13.9. The van der Waals surface area contributed by atoms with Crippen molar-refractivity contribution in [1.29, 1.82) is 0 Å². The maximum atomic E-state index is 13.9. The molecule has 1 amide bonds. The van der Waals surface area contributed by atoms with E-state index >= 15 is 0 Å². The largest absolute Gasteiger partial charge is 0.467 e. The predicted molar refractivity (Wildman–Crippen MR) is 118 cm³/mol. The lowest BCUT2D eigenvalue weighted by molar-refractivity contribution is -0.152. The van der Waals surface area contributed by atoms with Crippen molar-refractivity contribution in [3.8, 4) is 0 Å². The van der Waals surface area contributed by atoms with Crippen LogP contribution < -0.4 is 0 Å². The minimum Gasteiger partial charge on any atom is -0.467 e. The molecule has 1 heterocycles. The standard InChI is InChI=1S/C24H29NO3S/c1-3-4-7-16-21-25(20(17-29-21)24(27)28-2)23(26)22(18-12-8-5-9-13-18)19-14-10-6-11-15-19/h5-6,8-15,20-22H,3-4,7,16-17H2,1-2H3. The van der Waals surface area contributed by atoms with Gasteiger partial charge in [0.05, 0.1) is 18.4 Å². The molecule has 1 saturated heterocycles. The summed E-state index contributed by atoms with van der Waals surface area (Å²) in [6.07, 6.45) is 4.20. The Morgan fingerprint density at radius 2 is 1.62 bits per heavy atom. The van der Waals surface area contributed by atoms with Crippen molar-refractivity contribution in [3.05, 3.63) is 71.8 Å². The van der Waals surface area contributed by atoms with Crippen LogP contribution in [-0.4, -0.2) is 41.1 Å². The molecule has 0 aromatic heterocycles. The Bertz CT molecular complexity index is 757. The first-order valence-electron chi connectivity index (χ1n) is 10.3. The molecule has 4 nitrogen and oxygen atoms in total. The highest BCUT2D eigenvalue weighted by molar-refractivity contribution is 8.00. The highest BCUT2D eigenvalue weighted by atomic mass is 32.2. The highest BCUT2D eigenvalue weighted by Gasteiger charge is 2.44. The Balaban J connectivity index is 1.96. The molecule has 2 atom stereocenters. The van der Waals surface area contributed by atoms with Gasteiger partial charge in [0, 0.05) is 5.75 Å². The van der Waals surface area contributed by atoms with Crippen molar-refractivity contribution < 1.29 is 14.3 Å². The Morgan fingerprint density at radius 1 is 1.03 bits per heavy atom. The number of unbranched alkanes of at least 4 members (excludes halogenated alkanes) is 2. The van der Waals surface area contributed by atoms with Gasteiger partial charge in [-0.05, 0) is 17.5 Å². The third kappa shape index (κ3) is 5.02. The second-order valence-corrected chi connectivity index (χ2v) is 8.53. The lowest BCUT2D eigenvalue weighted by Gasteiger charge is -2.32. The summed E-state index contributed by atoms with van der Waals surface area (Å²) >= 11 is 1.69. The molecular formula is C24H29NO3S. The molecule has 154 valence electrons. The summed E-state index contributed by atoms with van der Waals surface area (Å²) < 4.78 is 5.03. The summed E-state index contributed by atoms with van der Waals surface area (Å²) in [5, 5.41) is 0.00748. The van der Waals surface area contributed by atoms with E-state index in [9.17, 15) is 9.59 Å². The molecule has 29 heavy (non-hydrogen) atoms. The first kappa shape index (κ1) is 21.4. The van der Waals surface area contributed by atoms with E-state index in [2.05, 4.69) is 6.92 Å². The molecule has 0 N–H and O–H groups in total. The van der Waals surface area contributed by atoms with Crippen LogP contribution in [0.15, 0.2) is 60.7 Å². The van der Waals surface area contributed by atoms with Gasteiger partial charge in [0.15, 0.2) is 0 Å². The molecule has 0 saturated carbocycles. The number of nitrogens with zero attached hydrogens (tertiary/aromatic N) is 1.